The lowest BCUT2D eigenvalue weighted by Crippen LogP contribution is -2.51. The first-order valence-electron chi connectivity index (χ1n) is 6.05. The molecular formula is C15H15BrN2OS. The van der Waals surface area contributed by atoms with Crippen molar-refractivity contribution in [3.8, 4) is 0 Å². The Hall–Kier alpha value is -1.30. The molecule has 2 aromatic rings. The summed E-state index contributed by atoms with van der Waals surface area (Å²) in [5.41, 5.74) is 11.3. The van der Waals surface area contributed by atoms with Crippen molar-refractivity contribution >= 4 is 33.6 Å². The standard InChI is InChI=1S/C15H15BrN2OS/c16-12-8-4-5-9-13(12)20-10-15(18,14(17)19)11-6-2-1-3-7-11/h1-9H,10,18H2,(H2,17,19). The van der Waals surface area contributed by atoms with Gasteiger partial charge in [-0.3, -0.25) is 4.79 Å². The van der Waals surface area contributed by atoms with Crippen LogP contribution < -0.4 is 11.5 Å². The summed E-state index contributed by atoms with van der Waals surface area (Å²) in [6.45, 7) is 0. The average molecular weight is 351 g/mol. The van der Waals surface area contributed by atoms with E-state index in [0.29, 0.717) is 5.75 Å². The second-order valence-electron chi connectivity index (χ2n) is 4.42. The monoisotopic (exact) mass is 350 g/mol. The number of nitrogens with two attached hydrogens (primary N) is 2. The Kier molecular flexibility index (Phi) is 4.86. The van der Waals surface area contributed by atoms with Crippen molar-refractivity contribution in [2.24, 2.45) is 11.5 Å². The van der Waals surface area contributed by atoms with Crippen LogP contribution >= 0.6 is 27.7 Å². The van der Waals surface area contributed by atoms with Gasteiger partial charge in [0, 0.05) is 15.1 Å². The second-order valence-corrected chi connectivity index (χ2v) is 6.29. The molecule has 2 aromatic carbocycles. The molecule has 5 heteroatoms. The molecule has 0 fully saturated rings. The van der Waals surface area contributed by atoms with Gasteiger partial charge in [-0.1, -0.05) is 42.5 Å². The van der Waals surface area contributed by atoms with Gasteiger partial charge in [-0.05, 0) is 33.6 Å². The Balaban J connectivity index is 2.23. The summed E-state index contributed by atoms with van der Waals surface area (Å²) >= 11 is 4.98. The van der Waals surface area contributed by atoms with Crippen LogP contribution in [0.25, 0.3) is 0 Å². The number of carbonyl (C=O) groups is 1. The molecule has 2 rings (SSSR count). The number of halogens is 1. The van der Waals surface area contributed by atoms with Crippen molar-refractivity contribution in [1.82, 2.24) is 0 Å². The summed E-state index contributed by atoms with van der Waals surface area (Å²) in [5, 5.41) is 0. The molecule has 3 nitrogen and oxygen atoms in total. The second kappa shape index (κ2) is 6.43. The van der Waals surface area contributed by atoms with E-state index < -0.39 is 11.4 Å². The Morgan fingerprint density at radius 1 is 1.10 bits per heavy atom. The molecule has 0 aliphatic carbocycles. The van der Waals surface area contributed by atoms with Crippen LogP contribution in [0.2, 0.25) is 0 Å². The molecule has 20 heavy (non-hydrogen) atoms. The summed E-state index contributed by atoms with van der Waals surface area (Å²) in [4.78, 5) is 12.8. The molecule has 0 heterocycles. The van der Waals surface area contributed by atoms with Crippen molar-refractivity contribution in [3.05, 3.63) is 64.6 Å². The van der Waals surface area contributed by atoms with Gasteiger partial charge in [-0.2, -0.15) is 0 Å². The first-order valence-corrected chi connectivity index (χ1v) is 7.83. The normalized spacial score (nSPS) is 13.7. The van der Waals surface area contributed by atoms with E-state index in [1.165, 1.54) is 11.8 Å². The smallest absolute Gasteiger partial charge is 0.243 e. The van der Waals surface area contributed by atoms with Gasteiger partial charge >= 0.3 is 0 Å². The van der Waals surface area contributed by atoms with Crippen LogP contribution in [0.3, 0.4) is 0 Å². The van der Waals surface area contributed by atoms with Gasteiger partial charge in [0.05, 0.1) is 0 Å². The maximum atomic E-state index is 11.8. The molecule has 0 spiro atoms. The molecule has 0 aliphatic heterocycles. The first kappa shape index (κ1) is 15.1. The maximum absolute atomic E-state index is 11.8. The lowest BCUT2D eigenvalue weighted by atomic mass is 9.92. The summed E-state index contributed by atoms with van der Waals surface area (Å²) < 4.78 is 0.977. The molecule has 104 valence electrons. The third-order valence-corrected chi connectivity index (χ3v) is 5.24. The predicted molar refractivity (Wildman–Crippen MR) is 86.4 cm³/mol. The summed E-state index contributed by atoms with van der Waals surface area (Å²) in [6.07, 6.45) is 0. The van der Waals surface area contributed by atoms with Gasteiger partial charge in [0.25, 0.3) is 0 Å². The highest BCUT2D eigenvalue weighted by Gasteiger charge is 2.34. The number of thioether (sulfide) groups is 1. The number of amides is 1. The number of carbonyl (C=O) groups excluding carboxylic acids is 1. The van der Waals surface area contributed by atoms with Crippen LogP contribution in [-0.4, -0.2) is 11.7 Å². The molecule has 0 saturated carbocycles. The summed E-state index contributed by atoms with van der Waals surface area (Å²) in [6, 6.07) is 17.0. The van der Waals surface area contributed by atoms with Crippen LogP contribution in [-0.2, 0) is 10.3 Å². The topological polar surface area (TPSA) is 69.1 Å². The molecule has 0 aliphatic rings. The Bertz CT molecular complexity index is 606. The van der Waals surface area contributed by atoms with E-state index in [2.05, 4.69) is 15.9 Å². The number of hydrogen-bond acceptors (Lipinski definition) is 3. The van der Waals surface area contributed by atoms with Crippen molar-refractivity contribution in [2.45, 2.75) is 10.4 Å². The van der Waals surface area contributed by atoms with Crippen LogP contribution in [0.15, 0.2) is 64.0 Å². The van der Waals surface area contributed by atoms with Crippen LogP contribution in [0.1, 0.15) is 5.56 Å². The van der Waals surface area contributed by atoms with E-state index >= 15 is 0 Å². The fourth-order valence-corrected chi connectivity index (χ4v) is 3.49. The van der Waals surface area contributed by atoms with Crippen molar-refractivity contribution in [3.63, 3.8) is 0 Å². The molecule has 0 saturated heterocycles. The Morgan fingerprint density at radius 3 is 2.30 bits per heavy atom. The minimum Gasteiger partial charge on any atom is -0.368 e. The van der Waals surface area contributed by atoms with E-state index in [9.17, 15) is 4.79 Å². The maximum Gasteiger partial charge on any atom is 0.243 e. The number of benzene rings is 2. The predicted octanol–water partition coefficient (Wildman–Crippen LogP) is 2.88. The van der Waals surface area contributed by atoms with Crippen molar-refractivity contribution in [2.75, 3.05) is 5.75 Å². The Labute approximate surface area is 130 Å². The fraction of sp³-hybridized carbons (Fsp3) is 0.133. The lowest BCUT2D eigenvalue weighted by molar-refractivity contribution is -0.122. The number of hydrogen-bond donors (Lipinski definition) is 2. The number of rotatable bonds is 5. The zero-order chi connectivity index (χ0) is 14.6. The zero-order valence-corrected chi connectivity index (χ0v) is 13.2. The van der Waals surface area contributed by atoms with E-state index in [1.54, 1.807) is 0 Å². The van der Waals surface area contributed by atoms with Crippen molar-refractivity contribution < 1.29 is 4.79 Å². The molecule has 4 N–H and O–H groups in total. The van der Waals surface area contributed by atoms with Gasteiger partial charge < -0.3 is 11.5 Å². The highest BCUT2D eigenvalue weighted by Crippen LogP contribution is 2.32. The van der Waals surface area contributed by atoms with Crippen LogP contribution in [0, 0.1) is 0 Å². The van der Waals surface area contributed by atoms with E-state index in [0.717, 1.165) is 14.9 Å². The summed E-state index contributed by atoms with van der Waals surface area (Å²) in [5.74, 6) is -0.141. The van der Waals surface area contributed by atoms with E-state index in [-0.39, 0.29) is 0 Å². The highest BCUT2D eigenvalue weighted by molar-refractivity contribution is 9.10. The largest absolute Gasteiger partial charge is 0.368 e. The SMILES string of the molecule is NC(=O)C(N)(CSc1ccccc1Br)c1ccccc1. The molecule has 0 aromatic heterocycles. The molecular weight excluding hydrogens is 336 g/mol. The lowest BCUT2D eigenvalue weighted by Gasteiger charge is -2.26. The third kappa shape index (κ3) is 3.23. The van der Waals surface area contributed by atoms with Gasteiger partial charge in [0.15, 0.2) is 0 Å². The molecule has 0 bridgehead atoms. The van der Waals surface area contributed by atoms with Gasteiger partial charge in [0.1, 0.15) is 5.54 Å². The van der Waals surface area contributed by atoms with Crippen LogP contribution in [0.4, 0.5) is 0 Å². The van der Waals surface area contributed by atoms with Gasteiger partial charge in [-0.15, -0.1) is 11.8 Å². The van der Waals surface area contributed by atoms with Gasteiger partial charge in [0.2, 0.25) is 5.91 Å². The summed E-state index contributed by atoms with van der Waals surface area (Å²) in [7, 11) is 0. The minimum atomic E-state index is -1.18. The van der Waals surface area contributed by atoms with Gasteiger partial charge in [-0.25, -0.2) is 0 Å². The molecule has 1 atom stereocenters. The van der Waals surface area contributed by atoms with E-state index in [1.807, 2.05) is 54.6 Å². The highest BCUT2D eigenvalue weighted by atomic mass is 79.9. The third-order valence-electron chi connectivity index (χ3n) is 3.02. The molecule has 1 unspecified atom stereocenters. The fourth-order valence-electron chi connectivity index (χ4n) is 1.79. The van der Waals surface area contributed by atoms with E-state index in [4.69, 9.17) is 11.5 Å². The first-order chi connectivity index (χ1) is 9.54. The van der Waals surface area contributed by atoms with Crippen LogP contribution in [0.5, 0.6) is 0 Å². The average Bonchev–Trinajstić information content (AvgIpc) is 2.47. The quantitative estimate of drug-likeness (QED) is 0.814. The molecule has 1 amide bonds. The number of primary amides is 1. The van der Waals surface area contributed by atoms with Crippen molar-refractivity contribution in [1.29, 1.82) is 0 Å². The molecule has 0 radical (unpaired) electrons. The minimum absolute atomic E-state index is 0.384. The Morgan fingerprint density at radius 2 is 1.70 bits per heavy atom. The zero-order valence-electron chi connectivity index (χ0n) is 10.8.